The maximum Gasteiger partial charge on any atom is 0.412 e. The van der Waals surface area contributed by atoms with Crippen LogP contribution < -0.4 is 14.8 Å². The van der Waals surface area contributed by atoms with Crippen LogP contribution >= 0.6 is 0 Å². The van der Waals surface area contributed by atoms with Crippen molar-refractivity contribution < 1.29 is 36.0 Å². The third-order valence-corrected chi connectivity index (χ3v) is 3.29. The molecule has 0 aliphatic rings. The summed E-state index contributed by atoms with van der Waals surface area (Å²) in [5.41, 5.74) is -0.928. The van der Waals surface area contributed by atoms with Crippen molar-refractivity contribution in [3.8, 4) is 11.5 Å². The van der Waals surface area contributed by atoms with Gasteiger partial charge in [0.1, 0.15) is 10.5 Å². The van der Waals surface area contributed by atoms with Crippen LogP contribution in [0.1, 0.15) is 20.8 Å². The van der Waals surface area contributed by atoms with E-state index in [1.807, 2.05) is 0 Å². The van der Waals surface area contributed by atoms with Crippen LogP contribution in [-0.2, 0) is 19.7 Å². The molecule has 0 bridgehead atoms. The monoisotopic (exact) mass is 365 g/mol. The highest BCUT2D eigenvalue weighted by Crippen LogP contribution is 2.39. The van der Waals surface area contributed by atoms with E-state index in [9.17, 15) is 17.1 Å². The van der Waals surface area contributed by atoms with Crippen molar-refractivity contribution in [3.05, 3.63) is 12.1 Å². The van der Waals surface area contributed by atoms with Gasteiger partial charge in [0, 0.05) is 13.2 Å². The molecule has 0 heterocycles. The molecule has 8 nitrogen and oxygen atoms in total. The Morgan fingerprint density at radius 2 is 1.88 bits per heavy atom. The van der Waals surface area contributed by atoms with Crippen LogP contribution in [0.4, 0.5) is 14.4 Å². The van der Waals surface area contributed by atoms with Gasteiger partial charge >= 0.3 is 16.3 Å². The van der Waals surface area contributed by atoms with Crippen LogP contribution in [0, 0.1) is 0 Å². The second-order valence-electron chi connectivity index (χ2n) is 5.62. The highest BCUT2D eigenvalue weighted by molar-refractivity contribution is 7.86. The highest BCUT2D eigenvalue weighted by Gasteiger charge is 2.23. The lowest BCUT2D eigenvalue weighted by Crippen LogP contribution is -2.27. The van der Waals surface area contributed by atoms with Crippen LogP contribution in [0.2, 0.25) is 0 Å². The van der Waals surface area contributed by atoms with Gasteiger partial charge in [-0.1, -0.05) is 0 Å². The predicted octanol–water partition coefficient (Wildman–Crippen LogP) is 2.68. The Kier molecular flexibility index (Phi) is 6.38. The molecule has 136 valence electrons. The number of rotatable bonds is 6. The van der Waals surface area contributed by atoms with Crippen molar-refractivity contribution in [2.24, 2.45) is 0 Å². The molecular weight excluding hydrogens is 345 g/mol. The van der Waals surface area contributed by atoms with Gasteiger partial charge in [-0.25, -0.2) is 4.79 Å². The summed E-state index contributed by atoms with van der Waals surface area (Å²) in [5, 5.41) is 2.31. The molecule has 0 fully saturated rings. The fourth-order valence-corrected chi connectivity index (χ4v) is 2.15. The van der Waals surface area contributed by atoms with Crippen LogP contribution in [0.15, 0.2) is 17.0 Å². The molecule has 0 aromatic heterocycles. The van der Waals surface area contributed by atoms with Crippen molar-refractivity contribution in [2.75, 3.05) is 26.3 Å². The van der Waals surface area contributed by atoms with Gasteiger partial charge in [0.2, 0.25) is 0 Å². The van der Waals surface area contributed by atoms with Crippen molar-refractivity contribution in [1.29, 1.82) is 0 Å². The molecule has 0 spiro atoms. The Bertz CT molecular complexity index is 698. The van der Waals surface area contributed by atoms with Gasteiger partial charge in [-0.15, -0.1) is 3.89 Å². The summed E-state index contributed by atoms with van der Waals surface area (Å²) in [4.78, 5) is 11.2. The Labute approximate surface area is 140 Å². The number of hydrogen-bond acceptors (Lipinski definition) is 7. The van der Waals surface area contributed by atoms with Crippen LogP contribution in [-0.4, -0.2) is 41.1 Å². The number of amides is 1. The van der Waals surface area contributed by atoms with Crippen molar-refractivity contribution in [3.63, 3.8) is 0 Å². The van der Waals surface area contributed by atoms with Crippen LogP contribution in [0.5, 0.6) is 11.5 Å². The first-order valence-corrected chi connectivity index (χ1v) is 8.14. The molecule has 1 aromatic carbocycles. The van der Waals surface area contributed by atoms with Gasteiger partial charge in [0.25, 0.3) is 0 Å². The molecular formula is C14H20FNO7S. The van der Waals surface area contributed by atoms with E-state index in [1.165, 1.54) is 14.2 Å². The van der Waals surface area contributed by atoms with E-state index >= 15 is 0 Å². The minimum Gasteiger partial charge on any atom is -0.493 e. The third kappa shape index (κ3) is 5.85. The third-order valence-electron chi connectivity index (χ3n) is 2.49. The molecule has 1 N–H and O–H groups in total. The zero-order valence-corrected chi connectivity index (χ0v) is 14.8. The van der Waals surface area contributed by atoms with E-state index in [2.05, 4.69) is 5.32 Å². The highest BCUT2D eigenvalue weighted by atomic mass is 32.3. The van der Waals surface area contributed by atoms with Crippen molar-refractivity contribution in [2.45, 2.75) is 31.3 Å². The Morgan fingerprint density at radius 3 is 2.33 bits per heavy atom. The van der Waals surface area contributed by atoms with Gasteiger partial charge in [0.05, 0.1) is 12.8 Å². The van der Waals surface area contributed by atoms with E-state index in [0.717, 1.165) is 12.1 Å². The fraction of sp³-hybridized carbons (Fsp3) is 0.500. The minimum absolute atomic E-state index is 0.0300. The molecule has 0 saturated carbocycles. The first kappa shape index (κ1) is 20.0. The number of carbonyl (C=O) groups is 1. The van der Waals surface area contributed by atoms with Gasteiger partial charge < -0.3 is 18.9 Å². The fourth-order valence-electron chi connectivity index (χ4n) is 1.64. The Balaban J connectivity index is 3.33. The summed E-state index contributed by atoms with van der Waals surface area (Å²) >= 11 is 0. The number of anilines is 1. The number of nitrogens with one attached hydrogen (secondary N) is 1. The maximum absolute atomic E-state index is 13.3. The SMILES string of the molecule is COCOc1c(NC(=O)OC(C)(C)C)cc(S(=O)(=O)F)cc1OC. The first-order valence-electron chi connectivity index (χ1n) is 6.76. The lowest BCUT2D eigenvalue weighted by molar-refractivity contribution is 0.0490. The lowest BCUT2D eigenvalue weighted by Gasteiger charge is -2.21. The topological polar surface area (TPSA) is 100 Å². The van der Waals surface area contributed by atoms with Crippen LogP contribution in [0.25, 0.3) is 0 Å². The van der Waals surface area contributed by atoms with Crippen molar-refractivity contribution in [1.82, 2.24) is 0 Å². The molecule has 0 atom stereocenters. The molecule has 1 aromatic rings. The summed E-state index contributed by atoms with van der Waals surface area (Å²) in [6, 6.07) is 1.83. The average Bonchev–Trinajstić information content (AvgIpc) is 2.41. The number of hydrogen-bond donors (Lipinski definition) is 1. The number of methoxy groups -OCH3 is 2. The summed E-state index contributed by atoms with van der Waals surface area (Å²) in [7, 11) is -2.42. The largest absolute Gasteiger partial charge is 0.493 e. The first-order chi connectivity index (χ1) is 11.0. The smallest absolute Gasteiger partial charge is 0.412 e. The molecule has 10 heteroatoms. The molecule has 0 aliphatic heterocycles. The quantitative estimate of drug-likeness (QED) is 0.611. The molecule has 0 saturated heterocycles. The number of benzene rings is 1. The summed E-state index contributed by atoms with van der Waals surface area (Å²) in [5.74, 6) is -0.130. The molecule has 0 unspecified atom stereocenters. The van der Waals surface area contributed by atoms with Gasteiger partial charge in [-0.2, -0.15) is 8.42 Å². The van der Waals surface area contributed by atoms with Crippen molar-refractivity contribution >= 4 is 22.0 Å². The second kappa shape index (κ2) is 7.67. The number of ether oxygens (including phenoxy) is 4. The molecule has 0 radical (unpaired) electrons. The second-order valence-corrected chi connectivity index (χ2v) is 6.96. The van der Waals surface area contributed by atoms with Gasteiger partial charge in [-0.05, 0) is 26.8 Å². The number of halogens is 1. The van der Waals surface area contributed by atoms with Crippen LogP contribution in [0.3, 0.4) is 0 Å². The van der Waals surface area contributed by atoms with Gasteiger partial charge in [-0.3, -0.25) is 5.32 Å². The lowest BCUT2D eigenvalue weighted by atomic mass is 10.2. The molecule has 24 heavy (non-hydrogen) atoms. The van der Waals surface area contributed by atoms with E-state index in [-0.39, 0.29) is 24.0 Å². The Hall–Kier alpha value is -2.07. The Morgan fingerprint density at radius 1 is 1.25 bits per heavy atom. The van der Waals surface area contributed by atoms with E-state index in [0.29, 0.717) is 0 Å². The minimum atomic E-state index is -5.03. The summed E-state index contributed by atoms with van der Waals surface area (Å²) < 4.78 is 55.8. The molecule has 0 aliphatic carbocycles. The van der Waals surface area contributed by atoms with Gasteiger partial charge in [0.15, 0.2) is 18.3 Å². The predicted molar refractivity (Wildman–Crippen MR) is 83.6 cm³/mol. The summed E-state index contributed by atoms with van der Waals surface area (Å²) in [6.07, 6.45) is -0.875. The van der Waals surface area contributed by atoms with E-state index in [1.54, 1.807) is 20.8 Å². The molecule has 1 rings (SSSR count). The maximum atomic E-state index is 13.3. The molecule has 1 amide bonds. The normalized spacial score (nSPS) is 11.8. The van der Waals surface area contributed by atoms with E-state index in [4.69, 9.17) is 18.9 Å². The van der Waals surface area contributed by atoms with E-state index < -0.39 is 26.8 Å². The standard InChI is InChI=1S/C14H20FNO7S/c1-14(2,3)23-13(17)16-10-6-9(24(15,18)19)7-11(21-5)12(10)22-8-20-4/h6-7H,8H2,1-5H3,(H,16,17). The summed E-state index contributed by atoms with van der Waals surface area (Å²) in [6.45, 7) is 4.74. The zero-order chi connectivity index (χ0) is 18.5. The average molecular weight is 365 g/mol. The number of carbonyl (C=O) groups excluding carboxylic acids is 1. The zero-order valence-electron chi connectivity index (χ0n) is 14.0.